The minimum atomic E-state index is 0.579. The molecule has 2 rings (SSSR count). The molecule has 0 bridgehead atoms. The van der Waals surface area contributed by atoms with Gasteiger partial charge in [-0.25, -0.2) is 0 Å². The van der Waals surface area contributed by atoms with Gasteiger partial charge in [0.2, 0.25) is 0 Å². The Labute approximate surface area is 119 Å². The van der Waals surface area contributed by atoms with E-state index < -0.39 is 0 Å². The first-order chi connectivity index (χ1) is 9.72. The number of aromatic nitrogens is 1. The zero-order chi connectivity index (χ0) is 14.4. The molecule has 20 heavy (non-hydrogen) atoms. The molecule has 4 heteroatoms. The highest BCUT2D eigenvalue weighted by molar-refractivity contribution is 5.38. The van der Waals surface area contributed by atoms with E-state index in [0.717, 1.165) is 34.9 Å². The molecular formula is C16H20N2O2. The van der Waals surface area contributed by atoms with Crippen molar-refractivity contribution in [3.8, 4) is 11.5 Å². The van der Waals surface area contributed by atoms with E-state index in [-0.39, 0.29) is 0 Å². The van der Waals surface area contributed by atoms with Gasteiger partial charge in [-0.2, -0.15) is 0 Å². The van der Waals surface area contributed by atoms with E-state index in [4.69, 9.17) is 9.47 Å². The number of nitrogens with zero attached hydrogens (tertiary/aromatic N) is 1. The molecule has 0 radical (unpaired) electrons. The maximum absolute atomic E-state index is 5.99. The molecule has 0 aliphatic heterocycles. The Morgan fingerprint density at radius 2 is 2.10 bits per heavy atom. The number of ether oxygens (including phenoxy) is 2. The first kappa shape index (κ1) is 14.5. The third kappa shape index (κ3) is 3.79. The predicted molar refractivity (Wildman–Crippen MR) is 79.0 cm³/mol. The van der Waals surface area contributed by atoms with Gasteiger partial charge < -0.3 is 14.8 Å². The molecular weight excluding hydrogens is 252 g/mol. The fraction of sp³-hybridized carbons (Fsp3) is 0.312. The third-order valence-electron chi connectivity index (χ3n) is 2.88. The summed E-state index contributed by atoms with van der Waals surface area (Å²) in [7, 11) is 3.59. The maximum Gasteiger partial charge on any atom is 0.135 e. The maximum atomic E-state index is 5.99. The lowest BCUT2D eigenvalue weighted by Crippen LogP contribution is -2.07. The van der Waals surface area contributed by atoms with E-state index in [1.807, 2.05) is 50.5 Å². The van der Waals surface area contributed by atoms with Gasteiger partial charge in [-0.1, -0.05) is 12.1 Å². The average molecular weight is 272 g/mol. The van der Waals surface area contributed by atoms with Crippen LogP contribution < -0.4 is 10.1 Å². The second kappa shape index (κ2) is 7.03. The third-order valence-corrected chi connectivity index (χ3v) is 2.88. The molecule has 106 valence electrons. The Bertz CT molecular complexity index is 570. The molecule has 1 N–H and O–H groups in total. The van der Waals surface area contributed by atoms with Crippen LogP contribution in [0.3, 0.4) is 0 Å². The molecule has 0 atom stereocenters. The van der Waals surface area contributed by atoms with Gasteiger partial charge in [-0.3, -0.25) is 4.98 Å². The number of pyridine rings is 1. The Balaban J connectivity index is 2.24. The van der Waals surface area contributed by atoms with Crippen LogP contribution in [0.1, 0.15) is 16.8 Å². The molecule has 0 saturated carbocycles. The minimum Gasteiger partial charge on any atom is -0.457 e. The van der Waals surface area contributed by atoms with Gasteiger partial charge in [-0.05, 0) is 31.7 Å². The second-order valence-electron chi connectivity index (χ2n) is 4.65. The normalized spacial score (nSPS) is 10.6. The average Bonchev–Trinajstić information content (AvgIpc) is 2.43. The fourth-order valence-electron chi connectivity index (χ4n) is 1.97. The van der Waals surface area contributed by atoms with Crippen LogP contribution in [0.15, 0.2) is 36.5 Å². The van der Waals surface area contributed by atoms with E-state index in [0.29, 0.717) is 6.61 Å². The van der Waals surface area contributed by atoms with Gasteiger partial charge in [0.15, 0.2) is 0 Å². The lowest BCUT2D eigenvalue weighted by Gasteiger charge is -2.12. The highest BCUT2D eigenvalue weighted by Crippen LogP contribution is 2.26. The monoisotopic (exact) mass is 272 g/mol. The van der Waals surface area contributed by atoms with Crippen LogP contribution in [0.2, 0.25) is 0 Å². The standard InChI is InChI=1S/C16H20N2O2/c1-12-7-16(14(9-17-2)10-18-12)20-15-6-4-5-13(8-15)11-19-3/h4-8,10,17H,9,11H2,1-3H3. The van der Waals surface area contributed by atoms with Gasteiger partial charge in [0.1, 0.15) is 11.5 Å². The van der Waals surface area contributed by atoms with Gasteiger partial charge in [0.25, 0.3) is 0 Å². The Morgan fingerprint density at radius 1 is 1.25 bits per heavy atom. The summed E-state index contributed by atoms with van der Waals surface area (Å²) in [5, 5.41) is 3.12. The number of nitrogens with one attached hydrogen (secondary N) is 1. The van der Waals surface area contributed by atoms with Crippen LogP contribution in [0.5, 0.6) is 11.5 Å². The van der Waals surface area contributed by atoms with Gasteiger partial charge in [0.05, 0.1) is 6.61 Å². The number of methoxy groups -OCH3 is 1. The van der Waals surface area contributed by atoms with Crippen LogP contribution in [-0.2, 0) is 17.9 Å². The lowest BCUT2D eigenvalue weighted by atomic mass is 10.2. The number of hydrogen-bond donors (Lipinski definition) is 1. The molecule has 1 heterocycles. The number of rotatable bonds is 6. The van der Waals surface area contributed by atoms with E-state index in [2.05, 4.69) is 10.3 Å². The number of aryl methyl sites for hydroxylation is 1. The molecule has 1 aromatic carbocycles. The van der Waals surface area contributed by atoms with Crippen molar-refractivity contribution in [3.63, 3.8) is 0 Å². The summed E-state index contributed by atoms with van der Waals surface area (Å²) in [4.78, 5) is 4.31. The SMILES string of the molecule is CNCc1cnc(C)cc1Oc1cccc(COC)c1. The molecule has 0 aliphatic rings. The highest BCUT2D eigenvalue weighted by atomic mass is 16.5. The van der Waals surface area contributed by atoms with E-state index in [1.165, 1.54) is 0 Å². The Hall–Kier alpha value is -1.91. The summed E-state index contributed by atoms with van der Waals surface area (Å²) in [5.74, 6) is 1.64. The lowest BCUT2D eigenvalue weighted by molar-refractivity contribution is 0.184. The summed E-state index contributed by atoms with van der Waals surface area (Å²) < 4.78 is 11.1. The van der Waals surface area contributed by atoms with Crippen molar-refractivity contribution >= 4 is 0 Å². The summed E-state index contributed by atoms with van der Waals surface area (Å²) in [6.07, 6.45) is 1.85. The molecule has 0 aliphatic carbocycles. The van der Waals surface area contributed by atoms with Gasteiger partial charge in [-0.15, -0.1) is 0 Å². The van der Waals surface area contributed by atoms with Crippen molar-refractivity contribution < 1.29 is 9.47 Å². The molecule has 0 amide bonds. The van der Waals surface area contributed by atoms with E-state index in [9.17, 15) is 0 Å². The van der Waals surface area contributed by atoms with Crippen LogP contribution in [0.25, 0.3) is 0 Å². The second-order valence-corrected chi connectivity index (χ2v) is 4.65. The molecule has 0 saturated heterocycles. The van der Waals surface area contributed by atoms with Crippen molar-refractivity contribution in [2.75, 3.05) is 14.2 Å². The van der Waals surface area contributed by atoms with Crippen LogP contribution >= 0.6 is 0 Å². The van der Waals surface area contributed by atoms with E-state index in [1.54, 1.807) is 7.11 Å². The summed E-state index contributed by atoms with van der Waals surface area (Å²) >= 11 is 0. The largest absolute Gasteiger partial charge is 0.457 e. The first-order valence-electron chi connectivity index (χ1n) is 6.59. The summed E-state index contributed by atoms with van der Waals surface area (Å²) in [6.45, 7) is 3.26. The van der Waals surface area contributed by atoms with Crippen molar-refractivity contribution in [1.82, 2.24) is 10.3 Å². The number of benzene rings is 1. The molecule has 1 aromatic heterocycles. The number of hydrogen-bond acceptors (Lipinski definition) is 4. The topological polar surface area (TPSA) is 43.4 Å². The molecule has 4 nitrogen and oxygen atoms in total. The zero-order valence-corrected chi connectivity index (χ0v) is 12.1. The van der Waals surface area contributed by atoms with Crippen molar-refractivity contribution in [2.45, 2.75) is 20.1 Å². The molecule has 0 unspecified atom stereocenters. The van der Waals surface area contributed by atoms with Crippen LogP contribution in [0, 0.1) is 6.92 Å². The predicted octanol–water partition coefficient (Wildman–Crippen LogP) is 3.05. The quantitative estimate of drug-likeness (QED) is 0.877. The van der Waals surface area contributed by atoms with Gasteiger partial charge >= 0.3 is 0 Å². The molecule has 0 fully saturated rings. The summed E-state index contributed by atoms with van der Waals surface area (Å²) in [5.41, 5.74) is 3.06. The zero-order valence-electron chi connectivity index (χ0n) is 12.1. The van der Waals surface area contributed by atoms with Crippen LogP contribution in [0.4, 0.5) is 0 Å². The highest BCUT2D eigenvalue weighted by Gasteiger charge is 2.06. The van der Waals surface area contributed by atoms with Gasteiger partial charge in [0, 0.05) is 37.2 Å². The van der Waals surface area contributed by atoms with Crippen molar-refractivity contribution in [1.29, 1.82) is 0 Å². The van der Waals surface area contributed by atoms with Crippen LogP contribution in [-0.4, -0.2) is 19.1 Å². The fourth-order valence-corrected chi connectivity index (χ4v) is 1.97. The first-order valence-corrected chi connectivity index (χ1v) is 6.59. The Morgan fingerprint density at radius 3 is 2.85 bits per heavy atom. The molecule has 2 aromatic rings. The molecule has 0 spiro atoms. The smallest absolute Gasteiger partial charge is 0.135 e. The minimum absolute atomic E-state index is 0.579. The van der Waals surface area contributed by atoms with Crippen molar-refractivity contribution in [2.24, 2.45) is 0 Å². The summed E-state index contributed by atoms with van der Waals surface area (Å²) in [6, 6.07) is 9.87. The van der Waals surface area contributed by atoms with Crippen molar-refractivity contribution in [3.05, 3.63) is 53.3 Å². The van der Waals surface area contributed by atoms with E-state index >= 15 is 0 Å². The Kier molecular flexibility index (Phi) is 5.09.